The van der Waals surface area contributed by atoms with Gasteiger partial charge in [-0.1, -0.05) is 12.1 Å². The van der Waals surface area contributed by atoms with E-state index in [1.54, 1.807) is 12.1 Å². The fourth-order valence-electron chi connectivity index (χ4n) is 5.82. The zero-order valence-electron chi connectivity index (χ0n) is 20.6. The quantitative estimate of drug-likeness (QED) is 0.441. The lowest BCUT2D eigenvalue weighted by Crippen LogP contribution is -2.35. The molecule has 1 aliphatic heterocycles. The number of ether oxygens (including phenoxy) is 1. The third-order valence-electron chi connectivity index (χ3n) is 7.52. The van der Waals surface area contributed by atoms with Crippen LogP contribution in [0.5, 0.6) is 5.75 Å². The molecule has 0 unspecified atom stereocenters. The largest absolute Gasteiger partial charge is 0.496 e. The Hall–Kier alpha value is -3.05. The van der Waals surface area contributed by atoms with Gasteiger partial charge in [0.05, 0.1) is 12.8 Å². The molecular formula is C26H30F4N6O. The molecule has 2 heterocycles. The molecule has 2 aliphatic rings. The fraction of sp³-hybridized carbons (Fsp3) is 0.500. The second-order valence-corrected chi connectivity index (χ2v) is 9.82. The van der Waals surface area contributed by atoms with Gasteiger partial charge in [0.25, 0.3) is 5.82 Å². The van der Waals surface area contributed by atoms with Crippen molar-refractivity contribution in [2.45, 2.75) is 50.4 Å². The van der Waals surface area contributed by atoms with Crippen LogP contribution in [0.15, 0.2) is 42.5 Å². The second-order valence-electron chi connectivity index (χ2n) is 9.82. The van der Waals surface area contributed by atoms with Gasteiger partial charge in [0.1, 0.15) is 11.6 Å². The topological polar surface area (TPSA) is 68.1 Å². The summed E-state index contributed by atoms with van der Waals surface area (Å²) in [7, 11) is 1.53. The summed E-state index contributed by atoms with van der Waals surface area (Å²) in [5.41, 5.74) is 2.00. The van der Waals surface area contributed by atoms with E-state index in [4.69, 9.17) is 4.74 Å². The molecule has 198 valence electrons. The third-order valence-corrected chi connectivity index (χ3v) is 7.52. The van der Waals surface area contributed by atoms with Gasteiger partial charge in [0, 0.05) is 30.6 Å². The van der Waals surface area contributed by atoms with Crippen LogP contribution in [0.3, 0.4) is 0 Å². The number of aromatic nitrogens is 4. The van der Waals surface area contributed by atoms with Gasteiger partial charge < -0.3 is 15.0 Å². The van der Waals surface area contributed by atoms with Crippen LogP contribution in [0.1, 0.15) is 48.6 Å². The van der Waals surface area contributed by atoms with Crippen LogP contribution >= 0.6 is 0 Å². The van der Waals surface area contributed by atoms with Crippen molar-refractivity contribution in [2.75, 3.05) is 26.7 Å². The maximum atomic E-state index is 13.7. The second kappa shape index (κ2) is 10.7. The Balaban J connectivity index is 1.37. The molecule has 5 rings (SSSR count). The molecule has 1 saturated heterocycles. The first kappa shape index (κ1) is 25.6. The lowest BCUT2D eigenvalue weighted by molar-refractivity contribution is -0.146. The zero-order valence-corrected chi connectivity index (χ0v) is 20.6. The SMILES string of the molecule is COc1ccc(-n2nnnc2C(F)(F)F)cc1CN[C@H]1CC[C@H](CN2CCCC2)[C@H]1c1ccc(F)cc1. The highest BCUT2D eigenvalue weighted by Crippen LogP contribution is 2.41. The lowest BCUT2D eigenvalue weighted by Gasteiger charge is -2.29. The minimum atomic E-state index is -4.68. The number of methoxy groups -OCH3 is 1. The lowest BCUT2D eigenvalue weighted by atomic mass is 9.86. The van der Waals surface area contributed by atoms with Crippen molar-refractivity contribution >= 4 is 0 Å². The first-order chi connectivity index (χ1) is 17.8. The van der Waals surface area contributed by atoms with E-state index < -0.39 is 12.0 Å². The maximum Gasteiger partial charge on any atom is 0.453 e. The number of hydrogen-bond acceptors (Lipinski definition) is 6. The number of nitrogens with one attached hydrogen (secondary N) is 1. The van der Waals surface area contributed by atoms with Gasteiger partial charge in [0.2, 0.25) is 0 Å². The van der Waals surface area contributed by atoms with Gasteiger partial charge in [-0.3, -0.25) is 0 Å². The molecule has 7 nitrogen and oxygen atoms in total. The van der Waals surface area contributed by atoms with Gasteiger partial charge in [-0.05, 0) is 91.0 Å². The molecule has 0 bridgehead atoms. The van der Waals surface area contributed by atoms with Crippen molar-refractivity contribution in [1.29, 1.82) is 0 Å². The summed E-state index contributed by atoms with van der Waals surface area (Å²) in [6, 6.07) is 11.6. The van der Waals surface area contributed by atoms with E-state index in [1.807, 2.05) is 12.1 Å². The Morgan fingerprint density at radius 3 is 2.51 bits per heavy atom. The summed E-state index contributed by atoms with van der Waals surface area (Å²) in [5.74, 6) is -0.252. The summed E-state index contributed by atoms with van der Waals surface area (Å²) < 4.78 is 59.9. The fourth-order valence-corrected chi connectivity index (χ4v) is 5.82. The molecule has 0 spiro atoms. The minimum absolute atomic E-state index is 0.130. The highest BCUT2D eigenvalue weighted by Gasteiger charge is 2.39. The highest BCUT2D eigenvalue weighted by molar-refractivity contribution is 5.44. The van der Waals surface area contributed by atoms with E-state index in [9.17, 15) is 17.6 Å². The number of nitrogens with zero attached hydrogens (tertiary/aromatic N) is 5. The Bertz CT molecular complexity index is 1190. The molecule has 1 N–H and O–H groups in total. The van der Waals surface area contributed by atoms with Crippen LogP contribution in [-0.4, -0.2) is 57.9 Å². The van der Waals surface area contributed by atoms with E-state index in [0.29, 0.717) is 28.5 Å². The number of rotatable bonds is 8. The van der Waals surface area contributed by atoms with Crippen LogP contribution < -0.4 is 10.1 Å². The van der Waals surface area contributed by atoms with Gasteiger partial charge >= 0.3 is 6.18 Å². The molecule has 3 atom stereocenters. The normalized spacial score (nSPS) is 22.6. The molecule has 1 aliphatic carbocycles. The highest BCUT2D eigenvalue weighted by atomic mass is 19.4. The van der Waals surface area contributed by atoms with E-state index >= 15 is 0 Å². The Kier molecular flexibility index (Phi) is 7.43. The van der Waals surface area contributed by atoms with Crippen molar-refractivity contribution in [3.63, 3.8) is 0 Å². The van der Waals surface area contributed by atoms with Gasteiger partial charge in [0.15, 0.2) is 0 Å². The monoisotopic (exact) mass is 518 g/mol. The molecular weight excluding hydrogens is 488 g/mol. The Labute approximate surface area is 212 Å². The molecule has 0 amide bonds. The Morgan fingerprint density at radius 2 is 1.81 bits per heavy atom. The van der Waals surface area contributed by atoms with Gasteiger partial charge in [-0.25, -0.2) is 4.39 Å². The molecule has 2 aromatic carbocycles. The summed E-state index contributed by atoms with van der Waals surface area (Å²) in [5, 5.41) is 13.5. The van der Waals surface area contributed by atoms with Crippen molar-refractivity contribution in [3.8, 4) is 11.4 Å². The Morgan fingerprint density at radius 1 is 1.05 bits per heavy atom. The van der Waals surface area contributed by atoms with Gasteiger partial charge in [-0.15, -0.1) is 5.10 Å². The van der Waals surface area contributed by atoms with Crippen LogP contribution in [-0.2, 0) is 12.7 Å². The van der Waals surface area contributed by atoms with E-state index in [1.165, 1.54) is 38.2 Å². The first-order valence-electron chi connectivity index (χ1n) is 12.6. The number of benzene rings is 2. The van der Waals surface area contributed by atoms with Crippen molar-refractivity contribution in [1.82, 2.24) is 30.4 Å². The third kappa shape index (κ3) is 5.62. The van der Waals surface area contributed by atoms with Crippen molar-refractivity contribution < 1.29 is 22.3 Å². The number of halogens is 4. The standard InChI is InChI=1S/C26H30F4N6O/c1-37-23-11-9-21(36-25(26(28,29)30)32-33-34-36)14-19(23)15-31-22-10-6-18(16-35-12-2-3-13-35)24(22)17-4-7-20(27)8-5-17/h4-5,7-9,11,14,18,22,24,31H,2-3,6,10,12-13,15-16H2,1H3/t18-,22+,24-/m1/s1. The average Bonchev–Trinajstić information content (AvgIpc) is 3.65. The van der Waals surface area contributed by atoms with E-state index in [2.05, 4.69) is 25.7 Å². The number of tetrazole rings is 1. The average molecular weight is 519 g/mol. The smallest absolute Gasteiger partial charge is 0.453 e. The molecule has 1 aromatic heterocycles. The molecule has 1 saturated carbocycles. The summed E-state index contributed by atoms with van der Waals surface area (Å²) in [6.45, 7) is 3.63. The predicted octanol–water partition coefficient (Wildman–Crippen LogP) is 4.58. The molecule has 11 heteroatoms. The van der Waals surface area contributed by atoms with Crippen LogP contribution in [0.2, 0.25) is 0 Å². The number of alkyl halides is 3. The molecule has 37 heavy (non-hydrogen) atoms. The van der Waals surface area contributed by atoms with Crippen LogP contribution in [0, 0.1) is 11.7 Å². The maximum absolute atomic E-state index is 13.7. The number of hydrogen-bond donors (Lipinski definition) is 1. The first-order valence-corrected chi connectivity index (χ1v) is 12.6. The number of likely N-dealkylation sites (tertiary alicyclic amines) is 1. The van der Waals surface area contributed by atoms with E-state index in [0.717, 1.165) is 38.0 Å². The molecule has 0 radical (unpaired) electrons. The summed E-state index contributed by atoms with van der Waals surface area (Å²) >= 11 is 0. The predicted molar refractivity (Wildman–Crippen MR) is 129 cm³/mol. The molecule has 2 fully saturated rings. The summed E-state index contributed by atoms with van der Waals surface area (Å²) in [6.07, 6.45) is -0.231. The van der Waals surface area contributed by atoms with E-state index in [-0.39, 0.29) is 23.5 Å². The van der Waals surface area contributed by atoms with Crippen LogP contribution in [0.4, 0.5) is 17.6 Å². The zero-order chi connectivity index (χ0) is 26.0. The van der Waals surface area contributed by atoms with Crippen LogP contribution in [0.25, 0.3) is 5.69 Å². The minimum Gasteiger partial charge on any atom is -0.496 e. The van der Waals surface area contributed by atoms with Crippen molar-refractivity contribution in [2.24, 2.45) is 5.92 Å². The molecule has 3 aromatic rings. The van der Waals surface area contributed by atoms with Crippen molar-refractivity contribution in [3.05, 3.63) is 65.2 Å². The van der Waals surface area contributed by atoms with Gasteiger partial charge in [-0.2, -0.15) is 17.9 Å². The summed E-state index contributed by atoms with van der Waals surface area (Å²) in [4.78, 5) is 2.51.